The zero-order valence-electron chi connectivity index (χ0n) is 12.0. The molecule has 0 saturated heterocycles. The van der Waals surface area contributed by atoms with Gasteiger partial charge < -0.3 is 17.7 Å². The Hall–Kier alpha value is -0.339. The van der Waals surface area contributed by atoms with Crippen molar-refractivity contribution in [1.29, 1.82) is 0 Å². The van der Waals surface area contributed by atoms with Crippen LogP contribution >= 0.6 is 0 Å². The smallest absolute Gasteiger partial charge is 0.493 e. The first-order valence-electron chi connectivity index (χ1n) is 6.30. The van der Waals surface area contributed by atoms with E-state index in [1.807, 2.05) is 18.2 Å². The number of benzene rings is 1. The maximum atomic E-state index is 12.7. The molecule has 0 unspecified atom stereocenters. The van der Waals surface area contributed by atoms with Gasteiger partial charge in [-0.3, -0.25) is 4.98 Å². The molecule has 2 nitrogen and oxygen atoms in total. The molecule has 21 heavy (non-hydrogen) atoms. The predicted molar refractivity (Wildman–Crippen MR) is 73.3 cm³/mol. The van der Waals surface area contributed by atoms with Crippen LogP contribution in [0.25, 0.3) is 0 Å². The first-order valence-corrected chi connectivity index (χ1v) is 6.30. The van der Waals surface area contributed by atoms with Gasteiger partial charge in [0.2, 0.25) is 0 Å². The second-order valence-electron chi connectivity index (χ2n) is 4.51. The van der Waals surface area contributed by atoms with Gasteiger partial charge in [0.15, 0.2) is 0 Å². The molecule has 2 aromatic rings. The SMILES string of the molecule is Cc1cc(OCCc2ccccn2)ccc1[B-](F)(F)F.[K+]. The van der Waals surface area contributed by atoms with Gasteiger partial charge in [-0.2, -0.15) is 0 Å². The zero-order valence-corrected chi connectivity index (χ0v) is 15.1. The fraction of sp³-hybridized carbons (Fsp3) is 0.214. The Kier molecular flexibility index (Phi) is 7.43. The van der Waals surface area contributed by atoms with Crippen molar-refractivity contribution in [3.63, 3.8) is 0 Å². The largest absolute Gasteiger partial charge is 1.00 e. The normalized spacial score (nSPS) is 10.9. The molecule has 0 radical (unpaired) electrons. The minimum Gasteiger partial charge on any atom is -0.493 e. The molecule has 0 aliphatic rings. The van der Waals surface area contributed by atoms with Crippen molar-refractivity contribution in [2.75, 3.05) is 6.61 Å². The number of nitrogens with zero attached hydrogens (tertiary/aromatic N) is 1. The van der Waals surface area contributed by atoms with Gasteiger partial charge in [0.05, 0.1) is 6.61 Å². The van der Waals surface area contributed by atoms with E-state index in [-0.39, 0.29) is 56.9 Å². The number of hydrogen-bond acceptors (Lipinski definition) is 2. The first-order chi connectivity index (χ1) is 9.47. The summed E-state index contributed by atoms with van der Waals surface area (Å²) < 4.78 is 43.5. The van der Waals surface area contributed by atoms with Crippen molar-refractivity contribution in [1.82, 2.24) is 4.98 Å². The second kappa shape index (κ2) is 8.33. The second-order valence-corrected chi connectivity index (χ2v) is 4.51. The molecule has 106 valence electrons. The van der Waals surface area contributed by atoms with Crippen LogP contribution in [0.4, 0.5) is 12.9 Å². The molecule has 0 saturated carbocycles. The number of aromatic nitrogens is 1. The number of ether oxygens (including phenoxy) is 1. The average molecular weight is 319 g/mol. The van der Waals surface area contributed by atoms with Gasteiger partial charge in [-0.1, -0.05) is 17.7 Å². The minimum atomic E-state index is -4.97. The van der Waals surface area contributed by atoms with Crippen molar-refractivity contribution in [2.24, 2.45) is 0 Å². The third-order valence-electron chi connectivity index (χ3n) is 2.95. The number of aryl methyl sites for hydroxylation is 1. The minimum absolute atomic E-state index is 0. The monoisotopic (exact) mass is 319 g/mol. The van der Waals surface area contributed by atoms with Crippen LogP contribution in [0, 0.1) is 6.92 Å². The van der Waals surface area contributed by atoms with Crippen LogP contribution in [0.5, 0.6) is 5.75 Å². The number of hydrogen-bond donors (Lipinski definition) is 0. The standard InChI is InChI=1S/C14H14BF3NO.K/c1-11-10-13(5-6-14(11)15(16,17)18)20-9-7-12-4-2-3-8-19-12;/h2-6,8,10H,7,9H2,1H3;/q-1;+1. The van der Waals surface area contributed by atoms with E-state index in [0.29, 0.717) is 18.8 Å². The Labute approximate surface area is 164 Å². The van der Waals surface area contributed by atoms with Crippen LogP contribution in [-0.4, -0.2) is 18.6 Å². The van der Waals surface area contributed by atoms with Crippen molar-refractivity contribution in [3.8, 4) is 5.75 Å². The van der Waals surface area contributed by atoms with Crippen molar-refractivity contribution in [3.05, 3.63) is 53.9 Å². The summed E-state index contributed by atoms with van der Waals surface area (Å²) in [7, 11) is 0. The molecule has 7 heteroatoms. The van der Waals surface area contributed by atoms with Crippen LogP contribution in [0.2, 0.25) is 0 Å². The summed E-state index contributed by atoms with van der Waals surface area (Å²) in [5.74, 6) is 0.447. The summed E-state index contributed by atoms with van der Waals surface area (Å²) in [6.45, 7) is -3.14. The molecule has 0 aliphatic carbocycles. The van der Waals surface area contributed by atoms with Gasteiger partial charge in [-0.05, 0) is 31.2 Å². The van der Waals surface area contributed by atoms with Crippen molar-refractivity contribution < 1.29 is 69.1 Å². The summed E-state index contributed by atoms with van der Waals surface area (Å²) in [6, 6.07) is 9.44. The Morgan fingerprint density at radius 3 is 2.48 bits per heavy atom. The predicted octanol–water partition coefficient (Wildman–Crippen LogP) is 0.0699. The molecule has 1 heterocycles. The van der Waals surface area contributed by atoms with E-state index in [9.17, 15) is 12.9 Å². The number of rotatable bonds is 5. The molecular weight excluding hydrogens is 305 g/mol. The van der Waals surface area contributed by atoms with E-state index in [4.69, 9.17) is 4.74 Å². The number of pyridine rings is 1. The molecular formula is C14H14BF3KNO. The van der Waals surface area contributed by atoms with Gasteiger partial charge in [0, 0.05) is 18.3 Å². The molecule has 0 atom stereocenters. The van der Waals surface area contributed by atoms with Crippen LogP contribution in [0.15, 0.2) is 42.6 Å². The van der Waals surface area contributed by atoms with E-state index in [1.54, 1.807) is 6.20 Å². The van der Waals surface area contributed by atoms with Crippen LogP contribution in [0.3, 0.4) is 0 Å². The van der Waals surface area contributed by atoms with Crippen LogP contribution in [0.1, 0.15) is 11.3 Å². The molecule has 2 rings (SSSR count). The van der Waals surface area contributed by atoms with Gasteiger partial charge in [0.25, 0.3) is 0 Å². The quantitative estimate of drug-likeness (QED) is 0.728. The fourth-order valence-corrected chi connectivity index (χ4v) is 1.92. The summed E-state index contributed by atoms with van der Waals surface area (Å²) in [5.41, 5.74) is 0.509. The summed E-state index contributed by atoms with van der Waals surface area (Å²) in [6.07, 6.45) is 2.31. The van der Waals surface area contributed by atoms with Crippen molar-refractivity contribution in [2.45, 2.75) is 13.3 Å². The Morgan fingerprint density at radius 2 is 1.90 bits per heavy atom. The van der Waals surface area contributed by atoms with Crippen LogP contribution < -0.4 is 61.6 Å². The molecule has 0 bridgehead atoms. The van der Waals surface area contributed by atoms with Gasteiger partial charge >= 0.3 is 58.4 Å². The first kappa shape index (κ1) is 18.7. The topological polar surface area (TPSA) is 22.1 Å². The summed E-state index contributed by atoms with van der Waals surface area (Å²) in [4.78, 5) is 4.15. The molecule has 0 spiro atoms. The van der Waals surface area contributed by atoms with Gasteiger partial charge in [-0.15, -0.1) is 5.46 Å². The molecule has 1 aromatic heterocycles. The maximum absolute atomic E-state index is 12.7. The average Bonchev–Trinajstić information content (AvgIpc) is 2.38. The Bertz CT molecular complexity index is 578. The van der Waals surface area contributed by atoms with Gasteiger partial charge in [-0.25, -0.2) is 0 Å². The van der Waals surface area contributed by atoms with Crippen LogP contribution in [-0.2, 0) is 6.42 Å². The third kappa shape index (κ3) is 5.75. The molecule has 0 aliphatic heterocycles. The van der Waals surface area contributed by atoms with E-state index < -0.39 is 12.4 Å². The van der Waals surface area contributed by atoms with E-state index in [0.717, 1.165) is 11.8 Å². The number of halogens is 3. The molecule has 0 amide bonds. The van der Waals surface area contributed by atoms with E-state index in [2.05, 4.69) is 4.98 Å². The Morgan fingerprint density at radius 1 is 1.14 bits per heavy atom. The third-order valence-corrected chi connectivity index (χ3v) is 2.95. The Balaban J connectivity index is 0.00000220. The fourth-order valence-electron chi connectivity index (χ4n) is 1.92. The van der Waals surface area contributed by atoms with Gasteiger partial charge in [0.1, 0.15) is 5.75 Å². The van der Waals surface area contributed by atoms with E-state index in [1.165, 1.54) is 19.1 Å². The zero-order chi connectivity index (χ0) is 14.6. The van der Waals surface area contributed by atoms with Crippen molar-refractivity contribution >= 4 is 12.4 Å². The maximum Gasteiger partial charge on any atom is 1.00 e. The molecule has 1 aromatic carbocycles. The summed E-state index contributed by atoms with van der Waals surface area (Å²) in [5, 5.41) is 0. The summed E-state index contributed by atoms with van der Waals surface area (Å²) >= 11 is 0. The molecule has 0 fully saturated rings. The molecule has 0 N–H and O–H groups in total. The van der Waals surface area contributed by atoms with E-state index >= 15 is 0 Å².